The van der Waals surface area contributed by atoms with Crippen LogP contribution in [0, 0.1) is 5.82 Å². The fraction of sp³-hybridized carbons (Fsp3) is 0.233. The normalized spacial score (nSPS) is 17.9. The number of ether oxygens (including phenoxy) is 2. The van der Waals surface area contributed by atoms with E-state index in [1.807, 2.05) is 18.2 Å². The number of rotatable bonds is 9. The van der Waals surface area contributed by atoms with Gasteiger partial charge in [-0.15, -0.1) is 0 Å². The second kappa shape index (κ2) is 10.6. The Labute approximate surface area is 224 Å². The zero-order valence-corrected chi connectivity index (χ0v) is 21.0. The molecular weight excluding hydrogens is 503 g/mol. The molecule has 1 saturated carbocycles. The molecule has 0 aromatic heterocycles. The Kier molecular flexibility index (Phi) is 7.06. The number of nitrogens with zero attached hydrogens (tertiary/aromatic N) is 1. The van der Waals surface area contributed by atoms with E-state index >= 15 is 0 Å². The summed E-state index contributed by atoms with van der Waals surface area (Å²) in [4.78, 5) is 40.9. The highest BCUT2D eigenvalue weighted by Gasteiger charge is 2.56. The summed E-state index contributed by atoms with van der Waals surface area (Å²) in [6.45, 7) is 0. The Morgan fingerprint density at radius 2 is 1.79 bits per heavy atom. The number of carbonyl (C=O) groups is 3. The first-order valence-electron chi connectivity index (χ1n) is 12.6. The highest BCUT2D eigenvalue weighted by atomic mass is 19.1. The van der Waals surface area contributed by atoms with E-state index in [9.17, 15) is 23.9 Å². The Morgan fingerprint density at radius 3 is 2.38 bits per heavy atom. The number of primary amides is 1. The van der Waals surface area contributed by atoms with Gasteiger partial charge in [-0.25, -0.2) is 9.18 Å². The average molecular weight is 531 g/mol. The smallest absolute Gasteiger partial charge is 0.375 e. The molecule has 1 fully saturated rings. The number of allylic oxidation sites excluding steroid dienone is 3. The molecule has 2 amide bonds. The fourth-order valence-corrected chi connectivity index (χ4v) is 5.00. The first-order chi connectivity index (χ1) is 18.8. The van der Waals surface area contributed by atoms with E-state index in [0.29, 0.717) is 36.0 Å². The second-order valence-electron chi connectivity index (χ2n) is 9.66. The van der Waals surface area contributed by atoms with E-state index < -0.39 is 34.9 Å². The van der Waals surface area contributed by atoms with Crippen LogP contribution in [0.5, 0.6) is 0 Å². The lowest BCUT2D eigenvalue weighted by molar-refractivity contribution is -0.136. The first kappa shape index (κ1) is 26.0. The number of amides is 2. The van der Waals surface area contributed by atoms with Crippen LogP contribution in [0.25, 0.3) is 11.1 Å². The highest BCUT2D eigenvalue weighted by Crippen LogP contribution is 2.44. The van der Waals surface area contributed by atoms with Gasteiger partial charge < -0.3 is 25.2 Å². The molecule has 0 saturated heterocycles. The van der Waals surface area contributed by atoms with E-state index in [0.717, 1.165) is 24.5 Å². The van der Waals surface area contributed by atoms with Crippen molar-refractivity contribution in [2.24, 2.45) is 5.73 Å². The van der Waals surface area contributed by atoms with Gasteiger partial charge in [0.1, 0.15) is 18.3 Å². The summed E-state index contributed by atoms with van der Waals surface area (Å²) in [6.07, 6.45) is 10.4. The maximum absolute atomic E-state index is 14.5. The number of hydrogen-bond acceptors (Lipinski definition) is 5. The maximum Gasteiger partial charge on any atom is 0.375 e. The van der Waals surface area contributed by atoms with E-state index in [2.05, 4.69) is 0 Å². The van der Waals surface area contributed by atoms with Gasteiger partial charge in [0.25, 0.3) is 11.8 Å². The number of aliphatic carboxylic acids is 1. The van der Waals surface area contributed by atoms with Crippen molar-refractivity contribution in [2.75, 3.05) is 0 Å². The van der Waals surface area contributed by atoms with Crippen molar-refractivity contribution in [1.82, 2.24) is 4.90 Å². The molecule has 5 rings (SSSR count). The van der Waals surface area contributed by atoms with Gasteiger partial charge in [0, 0.05) is 18.0 Å². The number of carboxylic acid groups (broad SMARTS) is 1. The van der Waals surface area contributed by atoms with Gasteiger partial charge in [-0.3, -0.25) is 9.59 Å². The molecule has 2 aliphatic carbocycles. The van der Waals surface area contributed by atoms with Gasteiger partial charge in [-0.1, -0.05) is 54.1 Å². The number of benzene rings is 2. The van der Waals surface area contributed by atoms with Crippen LogP contribution in [-0.4, -0.2) is 39.4 Å². The molecule has 1 aliphatic heterocycles. The van der Waals surface area contributed by atoms with Crippen molar-refractivity contribution in [1.29, 1.82) is 0 Å². The molecule has 1 heterocycles. The van der Waals surface area contributed by atoms with E-state index in [1.165, 1.54) is 17.0 Å². The van der Waals surface area contributed by atoms with Crippen LogP contribution in [0.4, 0.5) is 4.39 Å². The van der Waals surface area contributed by atoms with Crippen LogP contribution < -0.4 is 5.73 Å². The van der Waals surface area contributed by atoms with Crippen molar-refractivity contribution >= 4 is 17.8 Å². The quantitative estimate of drug-likeness (QED) is 0.481. The molecule has 3 aliphatic rings. The lowest BCUT2D eigenvalue weighted by Gasteiger charge is -2.43. The fourth-order valence-electron chi connectivity index (χ4n) is 5.00. The number of nitrogens with two attached hydrogens (primary N) is 1. The molecule has 200 valence electrons. The van der Waals surface area contributed by atoms with Gasteiger partial charge in [0.05, 0.1) is 0 Å². The van der Waals surface area contributed by atoms with Crippen molar-refractivity contribution in [3.8, 4) is 11.1 Å². The molecular formula is C30H27FN2O6. The standard InChI is InChI=1S/C30H27FN2O6/c31-21-12-10-20(11-13-21)23-8-4-5-9-24(23)27(34)33(22-14-15-22)30(29(32)37,16-19-6-2-1-3-7-19)26-18-38-25(17-39-26)28(35)36/h1-2,4-6,8-13,17-18,22H,3,7,14-16H2,(H2,32,37)(H,35,36). The molecule has 8 nitrogen and oxygen atoms in total. The predicted octanol–water partition coefficient (Wildman–Crippen LogP) is 4.80. The van der Waals surface area contributed by atoms with Crippen molar-refractivity contribution in [3.63, 3.8) is 0 Å². The average Bonchev–Trinajstić information content (AvgIpc) is 3.78. The zero-order chi connectivity index (χ0) is 27.6. The van der Waals surface area contributed by atoms with Crippen LogP contribution in [0.3, 0.4) is 0 Å². The Balaban J connectivity index is 1.64. The van der Waals surface area contributed by atoms with Crippen molar-refractivity contribution in [3.05, 3.63) is 108 Å². The Morgan fingerprint density at radius 1 is 1.05 bits per heavy atom. The van der Waals surface area contributed by atoms with Crippen molar-refractivity contribution in [2.45, 2.75) is 43.7 Å². The monoisotopic (exact) mass is 530 g/mol. The molecule has 9 heteroatoms. The number of carboxylic acids is 1. The third-order valence-electron chi connectivity index (χ3n) is 7.05. The molecule has 0 bridgehead atoms. The van der Waals surface area contributed by atoms with Gasteiger partial charge >= 0.3 is 5.97 Å². The van der Waals surface area contributed by atoms with Gasteiger partial charge in [-0.05, 0) is 55.0 Å². The van der Waals surface area contributed by atoms with Crippen LogP contribution in [-0.2, 0) is 19.1 Å². The van der Waals surface area contributed by atoms with E-state index in [1.54, 1.807) is 36.4 Å². The van der Waals surface area contributed by atoms with Gasteiger partial charge in [0.15, 0.2) is 11.3 Å². The largest absolute Gasteiger partial charge is 0.475 e. The molecule has 1 unspecified atom stereocenters. The molecule has 39 heavy (non-hydrogen) atoms. The van der Waals surface area contributed by atoms with Crippen LogP contribution in [0.1, 0.15) is 42.5 Å². The van der Waals surface area contributed by atoms with Crippen molar-refractivity contribution < 1.29 is 33.4 Å². The van der Waals surface area contributed by atoms with E-state index in [-0.39, 0.29) is 18.2 Å². The SMILES string of the molecule is NC(=O)C(CC1=CC=CCC1)(C1=COC(C(=O)O)=CO1)N(C(=O)c1ccccc1-c1ccc(F)cc1)C1CC1. The highest BCUT2D eigenvalue weighted by molar-refractivity contribution is 6.05. The molecule has 3 N–H and O–H groups in total. The minimum atomic E-state index is -1.80. The summed E-state index contributed by atoms with van der Waals surface area (Å²) in [5.74, 6) is -3.59. The molecule has 0 spiro atoms. The van der Waals surface area contributed by atoms with Crippen LogP contribution >= 0.6 is 0 Å². The lowest BCUT2D eigenvalue weighted by atomic mass is 9.82. The minimum Gasteiger partial charge on any atom is -0.475 e. The van der Waals surface area contributed by atoms with Gasteiger partial charge in [0.2, 0.25) is 5.76 Å². The lowest BCUT2D eigenvalue weighted by Crippen LogP contribution is -2.62. The van der Waals surface area contributed by atoms with Crippen LogP contribution in [0.2, 0.25) is 0 Å². The number of halogens is 1. The third kappa shape index (κ3) is 5.07. The predicted molar refractivity (Wildman–Crippen MR) is 140 cm³/mol. The topological polar surface area (TPSA) is 119 Å². The Hall–Kier alpha value is -4.66. The molecule has 2 aromatic carbocycles. The third-order valence-corrected chi connectivity index (χ3v) is 7.05. The summed E-state index contributed by atoms with van der Waals surface area (Å²) < 4.78 is 24.6. The summed E-state index contributed by atoms with van der Waals surface area (Å²) in [7, 11) is 0. The molecule has 2 aromatic rings. The summed E-state index contributed by atoms with van der Waals surface area (Å²) in [6, 6.07) is 12.4. The maximum atomic E-state index is 14.5. The summed E-state index contributed by atoms with van der Waals surface area (Å²) >= 11 is 0. The van der Waals surface area contributed by atoms with Gasteiger partial charge in [-0.2, -0.15) is 0 Å². The molecule has 1 atom stereocenters. The van der Waals surface area contributed by atoms with Crippen LogP contribution in [0.15, 0.2) is 96.4 Å². The first-order valence-corrected chi connectivity index (χ1v) is 12.6. The zero-order valence-electron chi connectivity index (χ0n) is 21.0. The minimum absolute atomic E-state index is 0.0407. The number of hydrogen-bond donors (Lipinski definition) is 2. The number of carbonyl (C=O) groups excluding carboxylic acids is 2. The van der Waals surface area contributed by atoms with E-state index in [4.69, 9.17) is 15.2 Å². The molecule has 0 radical (unpaired) electrons. The Bertz CT molecular complexity index is 1440. The summed E-state index contributed by atoms with van der Waals surface area (Å²) in [5, 5.41) is 9.30. The second-order valence-corrected chi connectivity index (χ2v) is 9.66. The summed E-state index contributed by atoms with van der Waals surface area (Å²) in [5.41, 5.74) is 6.70.